The van der Waals surface area contributed by atoms with Crippen molar-refractivity contribution in [2.75, 3.05) is 22.1 Å². The van der Waals surface area contributed by atoms with E-state index in [0.717, 1.165) is 29.9 Å². The number of fused-ring (bicyclic) bond motifs is 1. The van der Waals surface area contributed by atoms with E-state index in [1.165, 1.54) is 12.1 Å². The second-order valence-corrected chi connectivity index (χ2v) is 7.92. The maximum Gasteiger partial charge on any atom is 0.243 e. The van der Waals surface area contributed by atoms with Crippen LogP contribution in [0.25, 0.3) is 0 Å². The van der Waals surface area contributed by atoms with Crippen molar-refractivity contribution in [2.24, 2.45) is 0 Å². The van der Waals surface area contributed by atoms with E-state index in [1.54, 1.807) is 24.5 Å². The molecular formula is C25H22FN3O3. The number of nitrogens with one attached hydrogen (secondary N) is 2. The van der Waals surface area contributed by atoms with Crippen molar-refractivity contribution in [1.82, 2.24) is 0 Å². The molecule has 3 aromatic rings. The molecule has 0 spiro atoms. The van der Waals surface area contributed by atoms with Crippen LogP contribution in [0.5, 0.6) is 0 Å². The number of carbonyl (C=O) groups is 2. The fourth-order valence-electron chi connectivity index (χ4n) is 4.44. The molecule has 2 aromatic carbocycles. The van der Waals surface area contributed by atoms with Crippen molar-refractivity contribution >= 4 is 28.8 Å². The Labute approximate surface area is 184 Å². The number of rotatable bonds is 4. The molecule has 5 rings (SSSR count). The third-order valence-electron chi connectivity index (χ3n) is 5.78. The van der Waals surface area contributed by atoms with Crippen molar-refractivity contribution < 1.29 is 18.4 Å². The molecule has 1 atom stereocenters. The van der Waals surface area contributed by atoms with E-state index >= 15 is 0 Å². The topological polar surface area (TPSA) is 74.6 Å². The standard InChI is InChI=1S/C25H22FN3O3/c26-16-6-3-7-17(14-16)27-23(31)15-29-20-10-2-1-8-18(20)28-19-9-4-11-21(30)24(19)25(29)22-12-5-13-32-22/h1-3,5-8,10,12-14,25,28H,4,9,11,15H2,(H,27,31). The minimum atomic E-state index is -0.554. The van der Waals surface area contributed by atoms with Gasteiger partial charge in [0.1, 0.15) is 17.6 Å². The largest absolute Gasteiger partial charge is 0.467 e. The average molecular weight is 431 g/mol. The number of amides is 1. The molecule has 1 aromatic heterocycles. The van der Waals surface area contributed by atoms with E-state index < -0.39 is 11.9 Å². The van der Waals surface area contributed by atoms with Crippen LogP contribution in [0, 0.1) is 5.82 Å². The number of hydrogen-bond donors (Lipinski definition) is 2. The van der Waals surface area contributed by atoms with E-state index in [1.807, 2.05) is 35.2 Å². The van der Waals surface area contributed by atoms with Gasteiger partial charge in [0.2, 0.25) is 5.91 Å². The van der Waals surface area contributed by atoms with Gasteiger partial charge in [0.15, 0.2) is 5.78 Å². The van der Waals surface area contributed by atoms with E-state index in [9.17, 15) is 14.0 Å². The quantitative estimate of drug-likeness (QED) is 0.606. The second kappa shape index (κ2) is 8.34. The number of benzene rings is 2. The number of carbonyl (C=O) groups excluding carboxylic acids is 2. The van der Waals surface area contributed by atoms with Crippen molar-refractivity contribution in [3.05, 3.63) is 89.8 Å². The lowest BCUT2D eigenvalue weighted by molar-refractivity contribution is -0.117. The Hall–Kier alpha value is -3.87. The Bertz CT molecular complexity index is 1200. The highest BCUT2D eigenvalue weighted by Crippen LogP contribution is 2.44. The SMILES string of the molecule is O=C(CN1c2ccccc2NC2=C(C(=O)CCC2)C1c1ccco1)Nc1cccc(F)c1. The summed E-state index contributed by atoms with van der Waals surface area (Å²) in [4.78, 5) is 28.0. The number of anilines is 3. The Kier molecular flexibility index (Phi) is 5.23. The highest BCUT2D eigenvalue weighted by atomic mass is 19.1. The molecule has 0 bridgehead atoms. The lowest BCUT2D eigenvalue weighted by Gasteiger charge is -2.33. The van der Waals surface area contributed by atoms with Gasteiger partial charge in [-0.1, -0.05) is 18.2 Å². The highest BCUT2D eigenvalue weighted by Gasteiger charge is 2.38. The molecule has 0 fully saturated rings. The monoisotopic (exact) mass is 431 g/mol. The molecule has 2 heterocycles. The van der Waals surface area contributed by atoms with Crippen molar-refractivity contribution in [3.63, 3.8) is 0 Å². The van der Waals surface area contributed by atoms with Gasteiger partial charge in [-0.3, -0.25) is 9.59 Å². The van der Waals surface area contributed by atoms with Crippen LogP contribution in [0.2, 0.25) is 0 Å². The van der Waals surface area contributed by atoms with Gasteiger partial charge in [0.25, 0.3) is 0 Å². The van der Waals surface area contributed by atoms with E-state index in [-0.39, 0.29) is 18.2 Å². The van der Waals surface area contributed by atoms with E-state index in [0.29, 0.717) is 23.4 Å². The van der Waals surface area contributed by atoms with Gasteiger partial charge in [-0.25, -0.2) is 4.39 Å². The second-order valence-electron chi connectivity index (χ2n) is 7.92. The molecular weight excluding hydrogens is 409 g/mol. The summed E-state index contributed by atoms with van der Waals surface area (Å²) in [5, 5.41) is 6.20. The third kappa shape index (κ3) is 3.77. The first kappa shape index (κ1) is 20.1. The number of ketones is 1. The zero-order chi connectivity index (χ0) is 22.1. The van der Waals surface area contributed by atoms with Crippen LogP contribution in [0.1, 0.15) is 31.1 Å². The van der Waals surface area contributed by atoms with Crippen LogP contribution >= 0.6 is 0 Å². The van der Waals surface area contributed by atoms with Crippen LogP contribution in [0.3, 0.4) is 0 Å². The Morgan fingerprint density at radius 3 is 2.81 bits per heavy atom. The van der Waals surface area contributed by atoms with Crippen LogP contribution in [-0.4, -0.2) is 18.2 Å². The number of allylic oxidation sites excluding steroid dienone is 1. The molecule has 0 saturated carbocycles. The van der Waals surface area contributed by atoms with Gasteiger partial charge in [0.05, 0.1) is 24.2 Å². The summed E-state index contributed by atoms with van der Waals surface area (Å²) in [6.45, 7) is -0.0510. The summed E-state index contributed by atoms with van der Waals surface area (Å²) in [6, 6.07) is 16.5. The minimum Gasteiger partial charge on any atom is -0.467 e. The summed E-state index contributed by atoms with van der Waals surface area (Å²) < 4.78 is 19.3. The molecule has 1 aliphatic heterocycles. The smallest absolute Gasteiger partial charge is 0.243 e. The number of para-hydroxylation sites is 2. The van der Waals surface area contributed by atoms with Gasteiger partial charge in [0, 0.05) is 23.4 Å². The van der Waals surface area contributed by atoms with Crippen molar-refractivity contribution in [1.29, 1.82) is 0 Å². The molecule has 7 heteroatoms. The molecule has 2 N–H and O–H groups in total. The van der Waals surface area contributed by atoms with Crippen LogP contribution in [-0.2, 0) is 9.59 Å². The number of halogens is 1. The zero-order valence-electron chi connectivity index (χ0n) is 17.3. The number of Topliss-reactive ketones (excluding diaryl/α,β-unsaturated/α-hetero) is 1. The molecule has 0 radical (unpaired) electrons. The highest BCUT2D eigenvalue weighted by molar-refractivity contribution is 6.02. The maximum atomic E-state index is 13.6. The Morgan fingerprint density at radius 1 is 1.12 bits per heavy atom. The van der Waals surface area contributed by atoms with Gasteiger partial charge in [-0.05, 0) is 55.3 Å². The molecule has 0 saturated heterocycles. The summed E-state index contributed by atoms with van der Waals surface area (Å²) in [7, 11) is 0. The van der Waals surface area contributed by atoms with Crippen molar-refractivity contribution in [3.8, 4) is 0 Å². The zero-order valence-corrected chi connectivity index (χ0v) is 17.3. The first-order chi connectivity index (χ1) is 15.6. The first-order valence-electron chi connectivity index (χ1n) is 10.6. The lowest BCUT2D eigenvalue weighted by Crippen LogP contribution is -2.38. The van der Waals surface area contributed by atoms with Gasteiger partial charge in [-0.15, -0.1) is 0 Å². The molecule has 6 nitrogen and oxygen atoms in total. The third-order valence-corrected chi connectivity index (χ3v) is 5.78. The predicted molar refractivity (Wildman–Crippen MR) is 120 cm³/mol. The Balaban J connectivity index is 1.58. The lowest BCUT2D eigenvalue weighted by atomic mass is 9.88. The number of hydrogen-bond acceptors (Lipinski definition) is 5. The van der Waals surface area contributed by atoms with Gasteiger partial charge < -0.3 is 20.0 Å². The fraction of sp³-hybridized carbons (Fsp3) is 0.200. The molecule has 1 unspecified atom stereocenters. The van der Waals surface area contributed by atoms with Crippen molar-refractivity contribution in [2.45, 2.75) is 25.3 Å². The van der Waals surface area contributed by atoms with Gasteiger partial charge in [-0.2, -0.15) is 0 Å². The average Bonchev–Trinajstić information content (AvgIpc) is 3.25. The normalized spacial score (nSPS) is 17.8. The van der Waals surface area contributed by atoms with Crippen LogP contribution in [0.4, 0.5) is 21.5 Å². The number of nitrogens with zero attached hydrogens (tertiary/aromatic N) is 1. The van der Waals surface area contributed by atoms with Crippen LogP contribution in [0.15, 0.2) is 82.6 Å². The molecule has 2 aliphatic rings. The first-order valence-corrected chi connectivity index (χ1v) is 10.6. The van der Waals surface area contributed by atoms with Crippen LogP contribution < -0.4 is 15.5 Å². The predicted octanol–water partition coefficient (Wildman–Crippen LogP) is 5.04. The summed E-state index contributed by atoms with van der Waals surface area (Å²) in [6.07, 6.45) is 3.54. The summed E-state index contributed by atoms with van der Waals surface area (Å²) in [5.74, 6) is -0.120. The van der Waals surface area contributed by atoms with E-state index in [2.05, 4.69) is 10.6 Å². The molecule has 162 valence electrons. The number of furan rings is 1. The van der Waals surface area contributed by atoms with Gasteiger partial charge >= 0.3 is 0 Å². The molecule has 32 heavy (non-hydrogen) atoms. The summed E-state index contributed by atoms with van der Waals surface area (Å²) >= 11 is 0. The maximum absolute atomic E-state index is 13.6. The Morgan fingerprint density at radius 2 is 2.00 bits per heavy atom. The molecule has 1 aliphatic carbocycles. The fourth-order valence-corrected chi connectivity index (χ4v) is 4.44. The van der Waals surface area contributed by atoms with E-state index in [4.69, 9.17) is 4.42 Å². The molecule has 1 amide bonds. The summed E-state index contributed by atoms with van der Waals surface area (Å²) in [5.41, 5.74) is 3.47. The minimum absolute atomic E-state index is 0.0449.